The summed E-state index contributed by atoms with van der Waals surface area (Å²) in [5.41, 5.74) is 36.4. The van der Waals surface area contributed by atoms with Crippen LogP contribution < -0.4 is 13.6 Å². The van der Waals surface area contributed by atoms with Gasteiger partial charge in [0.15, 0.2) is 0 Å². The van der Waals surface area contributed by atoms with E-state index in [1.165, 1.54) is 167 Å². The molecule has 0 radical (unpaired) electrons. The van der Waals surface area contributed by atoms with Crippen LogP contribution in [0.5, 0.6) is 17.2 Å². The summed E-state index contributed by atoms with van der Waals surface area (Å²) in [6, 6.07) is 44.3. The van der Waals surface area contributed by atoms with E-state index in [1.807, 2.05) is 0 Å². The van der Waals surface area contributed by atoms with Crippen molar-refractivity contribution in [2.45, 2.75) is 434 Å². The Balaban J connectivity index is 1.70. The lowest BCUT2D eigenvalue weighted by Crippen LogP contribution is -2.22. The van der Waals surface area contributed by atoms with Crippen LogP contribution in [0, 0.1) is 41.5 Å². The molecule has 9 aromatic rings. The zero-order valence-electron chi connectivity index (χ0n) is 88.6. The van der Waals surface area contributed by atoms with Crippen LogP contribution in [0.3, 0.4) is 0 Å². The van der Waals surface area contributed by atoms with Gasteiger partial charge in [0.25, 0.3) is 0 Å². The van der Waals surface area contributed by atoms with Crippen LogP contribution >= 0.6 is 8.60 Å². The molecule has 0 aliphatic rings. The molecule has 0 aliphatic heterocycles. The number of benzene rings is 9. The molecule has 0 aromatic heterocycles. The first kappa shape index (κ1) is 101. The second-order valence-electron chi connectivity index (χ2n) is 53.1. The van der Waals surface area contributed by atoms with E-state index in [0.717, 1.165) is 16.7 Å². The van der Waals surface area contributed by atoms with Crippen molar-refractivity contribution in [1.82, 2.24) is 0 Å². The molecule has 4 heteroatoms. The molecule has 9 aromatic carbocycles. The topological polar surface area (TPSA) is 27.7 Å². The minimum Gasteiger partial charge on any atom is -0.408 e. The highest BCUT2D eigenvalue weighted by Crippen LogP contribution is 2.62. The third kappa shape index (κ3) is 21.0. The predicted octanol–water partition coefficient (Wildman–Crippen LogP) is 36.8. The van der Waals surface area contributed by atoms with Crippen molar-refractivity contribution < 1.29 is 13.6 Å². The van der Waals surface area contributed by atoms with Gasteiger partial charge in [-0.15, -0.1) is 0 Å². The number of hydrogen-bond acceptors (Lipinski definition) is 3. The summed E-state index contributed by atoms with van der Waals surface area (Å²) < 4.78 is 26.3. The van der Waals surface area contributed by atoms with Gasteiger partial charge in [-0.25, -0.2) is 0 Å². The van der Waals surface area contributed by atoms with Gasteiger partial charge in [0.2, 0.25) is 0 Å². The molecular weight excluding hydrogens is 1520 g/mol. The van der Waals surface area contributed by atoms with E-state index in [4.69, 9.17) is 13.6 Å². The smallest absolute Gasteiger partial charge is 0.408 e. The van der Waals surface area contributed by atoms with Crippen LogP contribution in [-0.2, 0) is 81.2 Å². The SMILES string of the molecule is Cc1cc(C(C)(C)C)cc(C(C)(C)C)c1-c1c(OP(Oc2ccc(C(C)(C)C)c(-c3c(C)cc(C(C)(C)C)cc3C(C)(C)C)c2-c2c(C)cc(C(C)(C)C)cc2C(C)(C)C)Oc2ccc(C(C)(C)C)c(-c3c(C)cc(C(C)(C)C)cc3C(C)(C)C)c2-c2c(C)cc(C(C)(C)C)cc2C(C)(C)C)ccc(C(C)(C)C)c1-c1c(C)cc(C(C)(C)C)cc1C(C)(C)C. The molecule has 0 aliphatic carbocycles. The average molecular weight is 1690 g/mol. The summed E-state index contributed by atoms with van der Waals surface area (Å²) in [5, 5.41) is 0. The quantitative estimate of drug-likeness (QED) is 0.114. The summed E-state index contributed by atoms with van der Waals surface area (Å²) >= 11 is 0. The summed E-state index contributed by atoms with van der Waals surface area (Å²) in [5.74, 6) is 2.09. The third-order valence-corrected chi connectivity index (χ3v) is 27.0. The Hall–Kier alpha value is -7.19. The molecule has 0 unspecified atom stereocenters. The van der Waals surface area contributed by atoms with Crippen molar-refractivity contribution in [2.75, 3.05) is 0 Å². The molecule has 124 heavy (non-hydrogen) atoms. The van der Waals surface area contributed by atoms with Gasteiger partial charge in [-0.2, -0.15) is 0 Å². The molecule has 0 saturated carbocycles. The highest BCUT2D eigenvalue weighted by molar-refractivity contribution is 7.43. The standard InChI is InChI=1S/C120H171O3P/c1-70-58-76(106(7,8)9)64-85(115(34,35)36)94(70)100-82(112(25,26)27)52-55-91(103(100)97-73(4)61-79(109(16,17)18)67-88(97)118(43,44)45)121-124(122-92-56-53-83(113(28,29)30)101(95-71(2)59-77(107(10,11)12)65-86(95)116(37,38)39)104(92)98-74(5)62-80(110(19,20)21)68-89(98)119(46,47)48)123-93-57-54-84(114(31,32)33)102(96-72(3)60-78(108(13,14)15)66-87(96)117(40,41)42)105(93)99-75(6)63-81(111(22,23)24)69-90(99)120(49,50)51/h52-69H,1-51H3. The molecule has 674 valence electrons. The molecule has 0 N–H and O–H groups in total. The maximum absolute atomic E-state index is 8.78. The Morgan fingerprint density at radius 3 is 0.395 bits per heavy atom. The molecule has 0 saturated heterocycles. The van der Waals surface area contributed by atoms with Gasteiger partial charge in [0, 0.05) is 16.7 Å². The summed E-state index contributed by atoms with van der Waals surface area (Å²) in [6.07, 6.45) is 0. The normalized spacial score (nSPS) is 13.8. The molecule has 9 rings (SSSR count). The molecule has 3 nitrogen and oxygen atoms in total. The van der Waals surface area contributed by atoms with Crippen LogP contribution in [0.2, 0.25) is 0 Å². The predicted molar refractivity (Wildman–Crippen MR) is 550 cm³/mol. The summed E-state index contributed by atoms with van der Waals surface area (Å²) in [6.45, 7) is 122. The first-order valence-electron chi connectivity index (χ1n) is 46.8. The maximum Gasteiger partial charge on any atom is 0.530 e. The van der Waals surface area contributed by atoms with Gasteiger partial charge < -0.3 is 13.6 Å². The van der Waals surface area contributed by atoms with Crippen molar-refractivity contribution in [1.29, 1.82) is 0 Å². The van der Waals surface area contributed by atoms with Crippen molar-refractivity contribution in [3.05, 3.63) is 226 Å². The van der Waals surface area contributed by atoms with E-state index in [-0.39, 0.29) is 81.2 Å². The first-order valence-corrected chi connectivity index (χ1v) is 47.9. The Bertz CT molecular complexity index is 4990. The molecular formula is C120H171O3P. The van der Waals surface area contributed by atoms with Crippen molar-refractivity contribution in [2.24, 2.45) is 0 Å². The van der Waals surface area contributed by atoms with E-state index in [2.05, 4.69) is 462 Å². The molecule has 0 amide bonds. The van der Waals surface area contributed by atoms with E-state index in [9.17, 15) is 0 Å². The monoisotopic (exact) mass is 1690 g/mol. The zero-order valence-corrected chi connectivity index (χ0v) is 89.5. The Labute approximate surface area is 761 Å². The summed E-state index contributed by atoms with van der Waals surface area (Å²) in [4.78, 5) is 0. The fourth-order valence-electron chi connectivity index (χ4n) is 18.5. The number of hydrogen-bond donors (Lipinski definition) is 0. The second kappa shape index (κ2) is 33.1. The number of aryl methyl sites for hydroxylation is 6. The number of rotatable bonds is 12. The largest absolute Gasteiger partial charge is 0.530 e. The highest BCUT2D eigenvalue weighted by atomic mass is 31.2. The highest BCUT2D eigenvalue weighted by Gasteiger charge is 2.43. The zero-order chi connectivity index (χ0) is 94.7. The van der Waals surface area contributed by atoms with Crippen molar-refractivity contribution in [3.63, 3.8) is 0 Å². The van der Waals surface area contributed by atoms with E-state index in [1.54, 1.807) is 0 Å². The first-order chi connectivity index (χ1) is 55.5. The second-order valence-corrected chi connectivity index (χ2v) is 54.1. The van der Waals surface area contributed by atoms with Gasteiger partial charge in [-0.05, 0) is 308 Å². The van der Waals surface area contributed by atoms with Gasteiger partial charge >= 0.3 is 8.60 Å². The average Bonchev–Trinajstić information content (AvgIpc) is 0.725. The third-order valence-electron chi connectivity index (χ3n) is 26.0. The lowest BCUT2D eigenvalue weighted by atomic mass is 9.69. The van der Waals surface area contributed by atoms with Crippen LogP contribution in [-0.4, -0.2) is 0 Å². The lowest BCUT2D eigenvalue weighted by molar-refractivity contribution is 0.389. The van der Waals surface area contributed by atoms with Gasteiger partial charge in [0.05, 0.1) is 0 Å². The fourth-order valence-corrected chi connectivity index (χ4v) is 19.6. The Morgan fingerprint density at radius 2 is 0.274 bits per heavy atom. The van der Waals surface area contributed by atoms with Gasteiger partial charge in [0.1, 0.15) is 17.2 Å². The summed E-state index contributed by atoms with van der Waals surface area (Å²) in [7, 11) is -2.66. The molecule has 0 atom stereocenters. The van der Waals surface area contributed by atoms with E-state index >= 15 is 0 Å². The van der Waals surface area contributed by atoms with Crippen LogP contribution in [0.25, 0.3) is 66.8 Å². The lowest BCUT2D eigenvalue weighted by Gasteiger charge is -2.37. The maximum atomic E-state index is 8.78. The molecule has 0 spiro atoms. The molecule has 0 fully saturated rings. The fraction of sp³-hybridized carbons (Fsp3) is 0.550. The Kier molecular flexibility index (Phi) is 26.8. The van der Waals surface area contributed by atoms with Gasteiger partial charge in [-0.3, -0.25) is 0 Å². The molecule has 0 bridgehead atoms. The van der Waals surface area contributed by atoms with Crippen molar-refractivity contribution >= 4 is 8.60 Å². The van der Waals surface area contributed by atoms with E-state index in [0.29, 0.717) is 17.2 Å². The van der Waals surface area contributed by atoms with Gasteiger partial charge in [-0.1, -0.05) is 403 Å². The van der Waals surface area contributed by atoms with Crippen LogP contribution in [0.1, 0.15) is 428 Å². The van der Waals surface area contributed by atoms with Crippen molar-refractivity contribution in [3.8, 4) is 84.0 Å². The minimum atomic E-state index is -2.66. The minimum absolute atomic E-state index is 0.131. The van der Waals surface area contributed by atoms with E-state index < -0.39 is 8.60 Å². The molecule has 0 heterocycles. The van der Waals surface area contributed by atoms with Crippen LogP contribution in [0.15, 0.2) is 109 Å². The Morgan fingerprint density at radius 1 is 0.145 bits per heavy atom. The van der Waals surface area contributed by atoms with Crippen LogP contribution in [0.4, 0.5) is 0 Å².